The van der Waals surface area contributed by atoms with E-state index in [1.807, 2.05) is 0 Å². The Hall–Kier alpha value is -0.810. The van der Waals surface area contributed by atoms with Gasteiger partial charge in [0.2, 0.25) is 0 Å². The molecule has 1 heterocycles. The molecule has 0 amide bonds. The summed E-state index contributed by atoms with van der Waals surface area (Å²) < 4.78 is 11.0. The predicted molar refractivity (Wildman–Crippen MR) is 87.8 cm³/mol. The van der Waals surface area contributed by atoms with E-state index in [-0.39, 0.29) is 0 Å². The van der Waals surface area contributed by atoms with E-state index in [2.05, 4.69) is 43.0 Å². The Morgan fingerprint density at radius 2 is 2.24 bits per heavy atom. The molecule has 1 unspecified atom stereocenters. The van der Waals surface area contributed by atoms with Gasteiger partial charge in [0.25, 0.3) is 0 Å². The van der Waals surface area contributed by atoms with Gasteiger partial charge in [-0.15, -0.1) is 0 Å². The molecule has 1 aliphatic heterocycles. The van der Waals surface area contributed by atoms with E-state index < -0.39 is 0 Å². The van der Waals surface area contributed by atoms with E-state index in [4.69, 9.17) is 9.47 Å². The lowest BCUT2D eigenvalue weighted by atomic mass is 10.1. The molecule has 0 bridgehead atoms. The van der Waals surface area contributed by atoms with Gasteiger partial charge in [0.05, 0.1) is 19.8 Å². The fourth-order valence-electron chi connectivity index (χ4n) is 2.31. The second kappa shape index (κ2) is 10.9. The summed E-state index contributed by atoms with van der Waals surface area (Å²) in [5.74, 6) is 2.29. The van der Waals surface area contributed by atoms with Crippen molar-refractivity contribution in [2.45, 2.75) is 33.6 Å². The van der Waals surface area contributed by atoms with Crippen LogP contribution in [0.15, 0.2) is 4.99 Å². The highest BCUT2D eigenvalue weighted by atomic mass is 16.5. The van der Waals surface area contributed by atoms with E-state index in [9.17, 15) is 0 Å². The highest BCUT2D eigenvalue weighted by Crippen LogP contribution is 2.13. The predicted octanol–water partition coefficient (Wildman–Crippen LogP) is 1.98. The molecular weight excluding hydrogens is 266 g/mol. The highest BCUT2D eigenvalue weighted by molar-refractivity contribution is 5.79. The Kier molecular flexibility index (Phi) is 9.42. The largest absolute Gasteiger partial charge is 0.381 e. The van der Waals surface area contributed by atoms with Gasteiger partial charge >= 0.3 is 0 Å². The van der Waals surface area contributed by atoms with Gasteiger partial charge in [-0.25, -0.2) is 0 Å². The van der Waals surface area contributed by atoms with Crippen molar-refractivity contribution < 1.29 is 9.47 Å². The van der Waals surface area contributed by atoms with E-state index in [0.29, 0.717) is 25.0 Å². The number of nitrogens with one attached hydrogen (secondary N) is 1. The van der Waals surface area contributed by atoms with E-state index in [1.54, 1.807) is 0 Å². The topological polar surface area (TPSA) is 46.1 Å². The maximum Gasteiger partial charge on any atom is 0.193 e. The molecule has 124 valence electrons. The molecule has 1 saturated heterocycles. The van der Waals surface area contributed by atoms with Gasteiger partial charge in [-0.3, -0.25) is 4.99 Å². The Bertz CT molecular complexity index is 289. The van der Waals surface area contributed by atoms with Crippen molar-refractivity contribution in [3.05, 3.63) is 0 Å². The van der Waals surface area contributed by atoms with Crippen molar-refractivity contribution in [3.8, 4) is 0 Å². The number of hydrogen-bond donors (Lipinski definition) is 1. The third-order valence-electron chi connectivity index (χ3n) is 3.59. The van der Waals surface area contributed by atoms with Crippen molar-refractivity contribution in [2.24, 2.45) is 16.8 Å². The number of guanidine groups is 1. The minimum Gasteiger partial charge on any atom is -0.381 e. The zero-order valence-corrected chi connectivity index (χ0v) is 14.2. The van der Waals surface area contributed by atoms with Crippen LogP contribution in [0.4, 0.5) is 0 Å². The summed E-state index contributed by atoms with van der Waals surface area (Å²) in [6.45, 7) is 12.4. The molecule has 0 aromatic carbocycles. The molecule has 1 fully saturated rings. The van der Waals surface area contributed by atoms with Crippen LogP contribution in [-0.2, 0) is 9.47 Å². The van der Waals surface area contributed by atoms with Gasteiger partial charge in [0.1, 0.15) is 0 Å². The molecule has 21 heavy (non-hydrogen) atoms. The first kappa shape index (κ1) is 18.2. The van der Waals surface area contributed by atoms with Gasteiger partial charge in [0.15, 0.2) is 5.96 Å². The minimum absolute atomic E-state index is 0.626. The molecule has 0 saturated carbocycles. The fourth-order valence-corrected chi connectivity index (χ4v) is 2.31. The first-order valence-electron chi connectivity index (χ1n) is 8.28. The summed E-state index contributed by atoms with van der Waals surface area (Å²) in [4.78, 5) is 6.84. The van der Waals surface area contributed by atoms with Crippen LogP contribution in [-0.4, -0.2) is 64.0 Å². The van der Waals surface area contributed by atoms with Crippen LogP contribution in [0.2, 0.25) is 0 Å². The van der Waals surface area contributed by atoms with Gasteiger partial charge < -0.3 is 19.7 Å². The minimum atomic E-state index is 0.626. The first-order valence-corrected chi connectivity index (χ1v) is 8.28. The summed E-state index contributed by atoms with van der Waals surface area (Å²) in [5.41, 5.74) is 0. The van der Waals surface area contributed by atoms with Gasteiger partial charge in [-0.1, -0.05) is 13.8 Å². The van der Waals surface area contributed by atoms with Gasteiger partial charge in [-0.2, -0.15) is 0 Å². The lowest BCUT2D eigenvalue weighted by Crippen LogP contribution is -2.41. The van der Waals surface area contributed by atoms with Crippen LogP contribution < -0.4 is 5.32 Å². The molecular formula is C16H33N3O2. The van der Waals surface area contributed by atoms with Crippen molar-refractivity contribution in [3.63, 3.8) is 0 Å². The van der Waals surface area contributed by atoms with Crippen molar-refractivity contribution in [2.75, 3.05) is 53.1 Å². The lowest BCUT2D eigenvalue weighted by Gasteiger charge is -2.24. The monoisotopic (exact) mass is 299 g/mol. The van der Waals surface area contributed by atoms with E-state index in [1.165, 1.54) is 0 Å². The summed E-state index contributed by atoms with van der Waals surface area (Å²) >= 11 is 0. The third-order valence-corrected chi connectivity index (χ3v) is 3.59. The zero-order chi connectivity index (χ0) is 15.5. The van der Waals surface area contributed by atoms with Gasteiger partial charge in [-0.05, 0) is 25.7 Å². The lowest BCUT2D eigenvalue weighted by molar-refractivity contribution is 0.130. The van der Waals surface area contributed by atoms with Crippen LogP contribution >= 0.6 is 0 Å². The molecule has 0 aromatic heterocycles. The zero-order valence-electron chi connectivity index (χ0n) is 14.2. The Morgan fingerprint density at radius 3 is 2.86 bits per heavy atom. The molecule has 5 nitrogen and oxygen atoms in total. The van der Waals surface area contributed by atoms with Crippen molar-refractivity contribution >= 4 is 5.96 Å². The Morgan fingerprint density at radius 1 is 1.43 bits per heavy atom. The summed E-state index contributed by atoms with van der Waals surface area (Å²) in [5, 5.41) is 3.35. The van der Waals surface area contributed by atoms with Gasteiger partial charge in [0, 0.05) is 39.3 Å². The molecule has 1 aliphatic rings. The van der Waals surface area contributed by atoms with Crippen LogP contribution in [0, 0.1) is 11.8 Å². The normalized spacial score (nSPS) is 19.3. The standard InChI is InChI=1S/C16H33N3O2/c1-5-17-16(18-8-11-20-9-6-14(2)3)19(4)12-15-7-10-21-13-15/h14-15H,5-13H2,1-4H3,(H,17,18). The average Bonchev–Trinajstić information content (AvgIpc) is 2.93. The number of ether oxygens (including phenoxy) is 2. The Labute approximate surface area is 130 Å². The summed E-state index contributed by atoms with van der Waals surface area (Å²) in [7, 11) is 2.10. The number of nitrogens with zero attached hydrogens (tertiary/aromatic N) is 2. The van der Waals surface area contributed by atoms with Crippen LogP contribution in [0.1, 0.15) is 33.6 Å². The molecule has 0 aromatic rings. The van der Waals surface area contributed by atoms with E-state index in [0.717, 1.165) is 51.7 Å². The van der Waals surface area contributed by atoms with Crippen LogP contribution in [0.3, 0.4) is 0 Å². The molecule has 1 atom stereocenters. The van der Waals surface area contributed by atoms with Crippen molar-refractivity contribution in [1.29, 1.82) is 0 Å². The quantitative estimate of drug-likeness (QED) is 0.402. The van der Waals surface area contributed by atoms with E-state index >= 15 is 0 Å². The number of aliphatic imine (C=N–C) groups is 1. The molecule has 0 spiro atoms. The van der Waals surface area contributed by atoms with Crippen LogP contribution in [0.25, 0.3) is 0 Å². The maximum atomic E-state index is 5.61. The number of rotatable bonds is 9. The first-order chi connectivity index (χ1) is 10.1. The molecule has 0 radical (unpaired) electrons. The fraction of sp³-hybridized carbons (Fsp3) is 0.938. The number of hydrogen-bond acceptors (Lipinski definition) is 3. The SMILES string of the molecule is CCNC(=NCCOCCC(C)C)N(C)CC1CCOC1. The smallest absolute Gasteiger partial charge is 0.193 e. The average molecular weight is 299 g/mol. The maximum absolute atomic E-state index is 5.61. The molecule has 0 aliphatic carbocycles. The van der Waals surface area contributed by atoms with Crippen molar-refractivity contribution in [1.82, 2.24) is 10.2 Å². The molecule has 1 N–H and O–H groups in total. The Balaban J connectivity index is 2.27. The second-order valence-electron chi connectivity index (χ2n) is 6.14. The second-order valence-corrected chi connectivity index (χ2v) is 6.14. The third kappa shape index (κ3) is 8.27. The molecule has 1 rings (SSSR count). The summed E-state index contributed by atoms with van der Waals surface area (Å²) in [6.07, 6.45) is 2.27. The highest BCUT2D eigenvalue weighted by Gasteiger charge is 2.18. The van der Waals surface area contributed by atoms with Crippen LogP contribution in [0.5, 0.6) is 0 Å². The summed E-state index contributed by atoms with van der Waals surface area (Å²) in [6, 6.07) is 0. The molecule has 5 heteroatoms.